The number of aliphatic carboxylic acids is 1. The highest BCUT2D eigenvalue weighted by Crippen LogP contribution is 2.44. The van der Waals surface area contributed by atoms with E-state index in [-0.39, 0.29) is 24.9 Å². The molecule has 0 saturated heterocycles. The molecule has 0 radical (unpaired) electrons. The summed E-state index contributed by atoms with van der Waals surface area (Å²) in [5.41, 5.74) is 2.57. The van der Waals surface area contributed by atoms with Crippen molar-refractivity contribution in [3.05, 3.63) is 59.7 Å². The van der Waals surface area contributed by atoms with E-state index in [1.165, 1.54) is 0 Å². The van der Waals surface area contributed by atoms with Gasteiger partial charge in [-0.15, -0.1) is 0 Å². The number of ether oxygens (including phenoxy) is 1. The summed E-state index contributed by atoms with van der Waals surface area (Å²) in [6.45, 7) is 8.96. The normalized spacial score (nSPS) is 14.0. The van der Waals surface area contributed by atoms with Crippen LogP contribution in [0.5, 0.6) is 0 Å². The molecule has 34 heavy (non-hydrogen) atoms. The lowest BCUT2D eigenvalue weighted by molar-refractivity contribution is -0.138. The molecule has 0 spiro atoms. The molecular formula is C27H34N2O5. The van der Waals surface area contributed by atoms with Gasteiger partial charge in [0.2, 0.25) is 5.91 Å². The van der Waals surface area contributed by atoms with E-state index >= 15 is 0 Å². The fraction of sp³-hybridized carbons (Fsp3) is 0.444. The Kier molecular flexibility index (Phi) is 7.34. The third kappa shape index (κ3) is 5.08. The second-order valence-electron chi connectivity index (χ2n) is 9.88. The van der Waals surface area contributed by atoms with Crippen LogP contribution in [0.25, 0.3) is 11.1 Å². The summed E-state index contributed by atoms with van der Waals surface area (Å²) >= 11 is 0. The molecule has 2 amide bonds. The highest BCUT2D eigenvalue weighted by molar-refractivity contribution is 5.85. The van der Waals surface area contributed by atoms with Gasteiger partial charge in [-0.3, -0.25) is 9.59 Å². The third-order valence-corrected chi connectivity index (χ3v) is 7.14. The van der Waals surface area contributed by atoms with Crippen molar-refractivity contribution in [2.24, 2.45) is 5.41 Å². The summed E-state index contributed by atoms with van der Waals surface area (Å²) in [6, 6.07) is 15.8. The SMILES string of the molecule is CC[C@H](CC(=O)O)NC(=O)C(C)(C)C(C)(C)NC(=O)OCC1c2ccccc2-c2ccccc21. The third-order valence-electron chi connectivity index (χ3n) is 7.14. The van der Waals surface area contributed by atoms with Gasteiger partial charge in [0.15, 0.2) is 0 Å². The minimum atomic E-state index is -1.02. The summed E-state index contributed by atoms with van der Waals surface area (Å²) in [7, 11) is 0. The Morgan fingerprint density at radius 1 is 0.971 bits per heavy atom. The average molecular weight is 467 g/mol. The number of amides is 2. The molecule has 0 aromatic heterocycles. The van der Waals surface area contributed by atoms with E-state index < -0.39 is 29.1 Å². The Labute approximate surface area is 200 Å². The minimum Gasteiger partial charge on any atom is -0.481 e. The fourth-order valence-electron chi connectivity index (χ4n) is 4.20. The van der Waals surface area contributed by atoms with Crippen molar-refractivity contribution in [3.63, 3.8) is 0 Å². The Morgan fingerprint density at radius 3 is 2.00 bits per heavy atom. The summed E-state index contributed by atoms with van der Waals surface area (Å²) in [5.74, 6) is -1.36. The molecule has 1 aliphatic rings. The zero-order valence-corrected chi connectivity index (χ0v) is 20.5. The van der Waals surface area contributed by atoms with E-state index in [1.54, 1.807) is 27.7 Å². The molecular weight excluding hydrogens is 432 g/mol. The lowest BCUT2D eigenvalue weighted by Gasteiger charge is -2.41. The lowest BCUT2D eigenvalue weighted by Crippen LogP contribution is -2.60. The standard InChI is InChI=1S/C27H34N2O5/c1-6-17(15-23(30)31)28-24(32)26(2,3)27(4,5)29-25(33)34-16-22-20-13-9-7-11-18(20)19-12-8-10-14-21(19)22/h7-14,17,22H,6,15-16H2,1-5H3,(H,28,32)(H,29,33)(H,30,31)/t17-/m1/s1. The quantitative estimate of drug-likeness (QED) is 0.497. The molecule has 7 nitrogen and oxygen atoms in total. The zero-order valence-electron chi connectivity index (χ0n) is 20.5. The maximum Gasteiger partial charge on any atom is 0.407 e. The molecule has 0 unspecified atom stereocenters. The summed E-state index contributed by atoms with van der Waals surface area (Å²) < 4.78 is 5.65. The van der Waals surface area contributed by atoms with Crippen LogP contribution in [-0.4, -0.2) is 41.3 Å². The largest absolute Gasteiger partial charge is 0.481 e. The molecule has 1 atom stereocenters. The molecule has 0 aliphatic heterocycles. The van der Waals surface area contributed by atoms with Crippen LogP contribution < -0.4 is 10.6 Å². The first-order valence-electron chi connectivity index (χ1n) is 11.6. The Bertz CT molecular complexity index is 1030. The van der Waals surface area contributed by atoms with E-state index in [0.717, 1.165) is 22.3 Å². The average Bonchev–Trinajstić information content (AvgIpc) is 3.10. The van der Waals surface area contributed by atoms with Crippen molar-refractivity contribution in [2.75, 3.05) is 6.61 Å². The van der Waals surface area contributed by atoms with Crippen LogP contribution in [0.4, 0.5) is 4.79 Å². The number of fused-ring (bicyclic) bond motifs is 3. The molecule has 0 heterocycles. The van der Waals surface area contributed by atoms with E-state index in [9.17, 15) is 14.4 Å². The van der Waals surface area contributed by atoms with Crippen molar-refractivity contribution in [1.82, 2.24) is 10.6 Å². The number of benzene rings is 2. The highest BCUT2D eigenvalue weighted by atomic mass is 16.5. The first-order valence-corrected chi connectivity index (χ1v) is 11.6. The first-order chi connectivity index (χ1) is 16.0. The first kappa shape index (κ1) is 25.3. The number of carboxylic acid groups (broad SMARTS) is 1. The summed E-state index contributed by atoms with van der Waals surface area (Å²) in [5, 5.41) is 14.7. The lowest BCUT2D eigenvalue weighted by atomic mass is 9.73. The molecule has 2 aromatic rings. The Morgan fingerprint density at radius 2 is 1.50 bits per heavy atom. The van der Waals surface area contributed by atoms with Gasteiger partial charge in [-0.05, 0) is 56.4 Å². The molecule has 0 bridgehead atoms. The van der Waals surface area contributed by atoms with Crippen LogP contribution in [0.1, 0.15) is 64.5 Å². The van der Waals surface area contributed by atoms with Crippen LogP contribution in [0.15, 0.2) is 48.5 Å². The maximum atomic E-state index is 13.0. The van der Waals surface area contributed by atoms with Crippen molar-refractivity contribution >= 4 is 18.0 Å². The number of hydrogen-bond acceptors (Lipinski definition) is 4. The number of carbonyl (C=O) groups is 3. The predicted octanol–water partition coefficient (Wildman–Crippen LogP) is 4.70. The topological polar surface area (TPSA) is 105 Å². The molecule has 3 rings (SSSR count). The van der Waals surface area contributed by atoms with Crippen molar-refractivity contribution < 1.29 is 24.2 Å². The van der Waals surface area contributed by atoms with E-state index in [1.807, 2.05) is 31.2 Å². The smallest absolute Gasteiger partial charge is 0.407 e. The van der Waals surface area contributed by atoms with Gasteiger partial charge >= 0.3 is 12.1 Å². The van der Waals surface area contributed by atoms with Crippen molar-refractivity contribution in [2.45, 2.75) is 65.0 Å². The van der Waals surface area contributed by atoms with Gasteiger partial charge in [0.05, 0.1) is 17.4 Å². The number of alkyl carbamates (subject to hydrolysis) is 1. The second kappa shape index (κ2) is 9.87. The van der Waals surface area contributed by atoms with Crippen molar-refractivity contribution in [3.8, 4) is 11.1 Å². The summed E-state index contributed by atoms with van der Waals surface area (Å²) in [4.78, 5) is 36.8. The number of nitrogens with one attached hydrogen (secondary N) is 2. The minimum absolute atomic E-state index is 0.0566. The highest BCUT2D eigenvalue weighted by Gasteiger charge is 2.45. The molecule has 0 fully saturated rings. The van der Waals surface area contributed by atoms with Gasteiger partial charge in [0.25, 0.3) is 0 Å². The Hall–Kier alpha value is -3.35. The number of carboxylic acids is 1. The van der Waals surface area contributed by atoms with Crippen LogP contribution in [0, 0.1) is 5.41 Å². The van der Waals surface area contributed by atoms with Gasteiger partial charge in [0.1, 0.15) is 6.61 Å². The van der Waals surface area contributed by atoms with Crippen LogP contribution >= 0.6 is 0 Å². The second-order valence-corrected chi connectivity index (χ2v) is 9.88. The van der Waals surface area contributed by atoms with E-state index in [0.29, 0.717) is 6.42 Å². The van der Waals surface area contributed by atoms with Crippen molar-refractivity contribution in [1.29, 1.82) is 0 Å². The molecule has 7 heteroatoms. The summed E-state index contributed by atoms with van der Waals surface area (Å²) in [6.07, 6.45) is -0.266. The zero-order chi connectivity index (χ0) is 25.1. The van der Waals surface area contributed by atoms with Crippen LogP contribution in [0.2, 0.25) is 0 Å². The number of hydrogen-bond donors (Lipinski definition) is 3. The number of rotatable bonds is 9. The van der Waals surface area contributed by atoms with E-state index in [4.69, 9.17) is 9.84 Å². The maximum absolute atomic E-state index is 13.0. The van der Waals surface area contributed by atoms with Crippen LogP contribution in [-0.2, 0) is 14.3 Å². The van der Waals surface area contributed by atoms with E-state index in [2.05, 4.69) is 34.9 Å². The van der Waals surface area contributed by atoms with Crippen LogP contribution in [0.3, 0.4) is 0 Å². The molecule has 1 aliphatic carbocycles. The van der Waals surface area contributed by atoms with Gasteiger partial charge in [-0.1, -0.05) is 55.5 Å². The molecule has 2 aromatic carbocycles. The monoisotopic (exact) mass is 466 g/mol. The molecule has 3 N–H and O–H groups in total. The van der Waals surface area contributed by atoms with Gasteiger partial charge in [-0.25, -0.2) is 4.79 Å². The number of carbonyl (C=O) groups excluding carboxylic acids is 2. The Balaban J connectivity index is 1.66. The predicted molar refractivity (Wildman–Crippen MR) is 131 cm³/mol. The van der Waals surface area contributed by atoms with Gasteiger partial charge < -0.3 is 20.5 Å². The van der Waals surface area contributed by atoms with Gasteiger partial charge in [-0.2, -0.15) is 0 Å². The molecule has 182 valence electrons. The molecule has 0 saturated carbocycles. The van der Waals surface area contributed by atoms with Gasteiger partial charge in [0, 0.05) is 12.0 Å². The fourth-order valence-corrected chi connectivity index (χ4v) is 4.20.